The highest BCUT2D eigenvalue weighted by molar-refractivity contribution is 6.11. The van der Waals surface area contributed by atoms with Crippen molar-refractivity contribution in [3.63, 3.8) is 0 Å². The Morgan fingerprint density at radius 3 is 1.47 bits per heavy atom. The van der Waals surface area contributed by atoms with Crippen LogP contribution in [-0.2, 0) is 0 Å². The molecule has 0 atom stereocenters. The van der Waals surface area contributed by atoms with E-state index >= 15 is 0 Å². The Morgan fingerprint density at radius 2 is 0.784 bits per heavy atom. The van der Waals surface area contributed by atoms with Gasteiger partial charge in [-0.05, 0) is 45.5 Å². The number of rotatable bonds is 5. The molecule has 8 aromatic carbocycles. The molecule has 0 saturated carbocycles. The van der Waals surface area contributed by atoms with Crippen LogP contribution < -0.4 is 0 Å². The van der Waals surface area contributed by atoms with E-state index in [1.54, 1.807) is 0 Å². The van der Waals surface area contributed by atoms with Crippen LogP contribution in [0.4, 0.5) is 0 Å². The highest BCUT2D eigenvalue weighted by Gasteiger charge is 2.21. The zero-order chi connectivity index (χ0) is 33.7. The molecule has 2 heterocycles. The zero-order valence-electron chi connectivity index (χ0n) is 27.6. The van der Waals surface area contributed by atoms with Crippen LogP contribution in [-0.4, -0.2) is 19.5 Å². The van der Waals surface area contributed by atoms with Gasteiger partial charge in [-0.15, -0.1) is 0 Å². The largest absolute Gasteiger partial charge is 0.308 e. The summed E-state index contributed by atoms with van der Waals surface area (Å²) in [5, 5.41) is 7.15. The minimum Gasteiger partial charge on any atom is -0.308 e. The van der Waals surface area contributed by atoms with Crippen molar-refractivity contribution in [3.05, 3.63) is 182 Å². The van der Waals surface area contributed by atoms with Crippen molar-refractivity contribution in [3.8, 4) is 51.0 Å². The van der Waals surface area contributed by atoms with Crippen LogP contribution >= 0.6 is 0 Å². The predicted molar refractivity (Wildman–Crippen MR) is 211 cm³/mol. The topological polar surface area (TPSA) is 43.6 Å². The fourth-order valence-electron chi connectivity index (χ4n) is 7.46. The third kappa shape index (κ3) is 4.88. The summed E-state index contributed by atoms with van der Waals surface area (Å²) < 4.78 is 2.38. The molecule has 0 aliphatic heterocycles. The monoisotopic (exact) mass is 650 g/mol. The van der Waals surface area contributed by atoms with Crippen molar-refractivity contribution >= 4 is 43.4 Å². The molecule has 2 aromatic heterocycles. The number of hydrogen-bond donors (Lipinski definition) is 0. The molecule has 0 bridgehead atoms. The first kappa shape index (κ1) is 29.0. The van der Waals surface area contributed by atoms with Gasteiger partial charge in [0, 0.05) is 32.8 Å². The summed E-state index contributed by atoms with van der Waals surface area (Å²) in [6.07, 6.45) is 0. The highest BCUT2D eigenvalue weighted by atomic mass is 15.1. The summed E-state index contributed by atoms with van der Waals surface area (Å²) in [5.41, 5.74) is 8.48. The van der Waals surface area contributed by atoms with Crippen molar-refractivity contribution in [1.82, 2.24) is 19.5 Å². The van der Waals surface area contributed by atoms with Crippen LogP contribution in [0.15, 0.2) is 182 Å². The van der Waals surface area contributed by atoms with Gasteiger partial charge in [0.15, 0.2) is 17.5 Å². The molecule has 0 fully saturated rings. The van der Waals surface area contributed by atoms with Gasteiger partial charge in [-0.1, -0.05) is 164 Å². The Labute approximate surface area is 295 Å². The van der Waals surface area contributed by atoms with Gasteiger partial charge in [0.25, 0.3) is 0 Å². The van der Waals surface area contributed by atoms with Crippen molar-refractivity contribution in [2.45, 2.75) is 0 Å². The lowest BCUT2D eigenvalue weighted by molar-refractivity contribution is 1.07. The molecule has 0 saturated heterocycles. The quantitative estimate of drug-likeness (QED) is 0.186. The molecule has 10 aromatic rings. The molecular weight excluding hydrogens is 621 g/mol. The standard InChI is InChI=1S/C47H30N4/c1-2-15-34(16-3-1)45-48-46(35-27-25-33(26-28-35)37-22-12-17-31-13-4-6-18-36(31)37)50-47(49-45)41-30-29-32-14-5-7-19-38(32)44(41)51-42-23-10-8-20-39(42)40-21-9-11-24-43(40)51/h1-30H. The normalized spacial score (nSPS) is 11.5. The van der Waals surface area contributed by atoms with E-state index in [9.17, 15) is 0 Å². The summed E-state index contributed by atoms with van der Waals surface area (Å²) >= 11 is 0. The van der Waals surface area contributed by atoms with Crippen LogP contribution in [0.3, 0.4) is 0 Å². The van der Waals surface area contributed by atoms with Crippen LogP contribution in [0.5, 0.6) is 0 Å². The molecule has 4 heteroatoms. The van der Waals surface area contributed by atoms with E-state index in [1.807, 2.05) is 18.2 Å². The summed E-state index contributed by atoms with van der Waals surface area (Å²) in [4.78, 5) is 15.5. The van der Waals surface area contributed by atoms with Gasteiger partial charge in [-0.25, -0.2) is 15.0 Å². The molecule has 238 valence electrons. The first-order valence-corrected chi connectivity index (χ1v) is 17.2. The van der Waals surface area contributed by atoms with Gasteiger partial charge in [-0.2, -0.15) is 0 Å². The first-order chi connectivity index (χ1) is 25.3. The maximum Gasteiger partial charge on any atom is 0.166 e. The second-order valence-electron chi connectivity index (χ2n) is 12.8. The Balaban J connectivity index is 1.21. The summed E-state index contributed by atoms with van der Waals surface area (Å²) in [6.45, 7) is 0. The molecular formula is C47H30N4. The lowest BCUT2D eigenvalue weighted by atomic mass is 9.97. The van der Waals surface area contributed by atoms with E-state index < -0.39 is 0 Å². The molecule has 0 unspecified atom stereocenters. The fraction of sp³-hybridized carbons (Fsp3) is 0. The van der Waals surface area contributed by atoms with E-state index in [4.69, 9.17) is 15.0 Å². The van der Waals surface area contributed by atoms with E-state index in [0.29, 0.717) is 17.5 Å². The Hall–Kier alpha value is -6.91. The first-order valence-electron chi connectivity index (χ1n) is 17.2. The van der Waals surface area contributed by atoms with Crippen LogP contribution in [0.2, 0.25) is 0 Å². The van der Waals surface area contributed by atoms with Crippen molar-refractivity contribution < 1.29 is 0 Å². The Kier molecular flexibility index (Phi) is 6.78. The number of nitrogens with zero attached hydrogens (tertiary/aromatic N) is 4. The predicted octanol–water partition coefficient (Wildman–Crippen LogP) is 11.9. The summed E-state index contributed by atoms with van der Waals surface area (Å²) in [6, 6.07) is 63.9. The van der Waals surface area contributed by atoms with Gasteiger partial charge >= 0.3 is 0 Å². The van der Waals surface area contributed by atoms with Gasteiger partial charge in [-0.3, -0.25) is 0 Å². The van der Waals surface area contributed by atoms with E-state index in [0.717, 1.165) is 49.7 Å². The Bertz CT molecular complexity index is 2850. The SMILES string of the molecule is c1ccc(-c2nc(-c3ccc(-c4cccc5ccccc45)cc3)nc(-c3ccc4ccccc4c3-n3c4ccccc4c4ccccc43)n2)cc1. The Morgan fingerprint density at radius 1 is 0.294 bits per heavy atom. The van der Waals surface area contributed by atoms with Gasteiger partial charge in [0.1, 0.15) is 0 Å². The minimum atomic E-state index is 0.625. The second-order valence-corrected chi connectivity index (χ2v) is 12.8. The van der Waals surface area contributed by atoms with E-state index in [2.05, 4.69) is 168 Å². The molecule has 4 nitrogen and oxygen atoms in total. The molecule has 0 aliphatic carbocycles. The average molecular weight is 651 g/mol. The lowest BCUT2D eigenvalue weighted by Crippen LogP contribution is -2.04. The van der Waals surface area contributed by atoms with Crippen molar-refractivity contribution in [2.75, 3.05) is 0 Å². The summed E-state index contributed by atoms with van der Waals surface area (Å²) in [7, 11) is 0. The third-order valence-corrected chi connectivity index (χ3v) is 9.86. The lowest BCUT2D eigenvalue weighted by Gasteiger charge is -2.17. The number of hydrogen-bond acceptors (Lipinski definition) is 3. The van der Waals surface area contributed by atoms with Crippen LogP contribution in [0.1, 0.15) is 0 Å². The average Bonchev–Trinajstić information content (AvgIpc) is 3.54. The third-order valence-electron chi connectivity index (χ3n) is 9.86. The summed E-state index contributed by atoms with van der Waals surface area (Å²) in [5.74, 6) is 1.89. The van der Waals surface area contributed by atoms with Gasteiger partial charge < -0.3 is 4.57 Å². The van der Waals surface area contributed by atoms with Gasteiger partial charge in [0.2, 0.25) is 0 Å². The maximum atomic E-state index is 5.25. The molecule has 0 spiro atoms. The number of aromatic nitrogens is 4. The number of benzene rings is 8. The highest BCUT2D eigenvalue weighted by Crippen LogP contribution is 2.40. The van der Waals surface area contributed by atoms with Crippen molar-refractivity contribution in [1.29, 1.82) is 0 Å². The van der Waals surface area contributed by atoms with E-state index in [-0.39, 0.29) is 0 Å². The maximum absolute atomic E-state index is 5.25. The zero-order valence-corrected chi connectivity index (χ0v) is 27.6. The van der Waals surface area contributed by atoms with Gasteiger partial charge in [0.05, 0.1) is 16.7 Å². The van der Waals surface area contributed by atoms with Crippen LogP contribution in [0, 0.1) is 0 Å². The molecule has 0 aliphatic rings. The molecule has 0 N–H and O–H groups in total. The number of para-hydroxylation sites is 2. The second kappa shape index (κ2) is 11.9. The van der Waals surface area contributed by atoms with Crippen molar-refractivity contribution in [2.24, 2.45) is 0 Å². The van der Waals surface area contributed by atoms with Crippen LogP contribution in [0.25, 0.3) is 94.3 Å². The fourth-order valence-corrected chi connectivity index (χ4v) is 7.46. The minimum absolute atomic E-state index is 0.625. The molecule has 10 rings (SSSR count). The van der Waals surface area contributed by atoms with E-state index in [1.165, 1.54) is 27.1 Å². The molecule has 0 amide bonds. The smallest absolute Gasteiger partial charge is 0.166 e. The molecule has 51 heavy (non-hydrogen) atoms. The number of fused-ring (bicyclic) bond motifs is 5. The molecule has 0 radical (unpaired) electrons.